The molecule has 0 saturated carbocycles. The molecule has 2 aromatic carbocycles. The summed E-state index contributed by atoms with van der Waals surface area (Å²) in [5, 5.41) is 12.4. The van der Waals surface area contributed by atoms with E-state index in [0.29, 0.717) is 5.75 Å². The Morgan fingerprint density at radius 1 is 1.14 bits per heavy atom. The Bertz CT molecular complexity index is 856. The van der Waals surface area contributed by atoms with E-state index in [9.17, 15) is 9.59 Å². The van der Waals surface area contributed by atoms with E-state index in [1.165, 1.54) is 5.38 Å². The van der Waals surface area contributed by atoms with Gasteiger partial charge in [0.2, 0.25) is 5.78 Å². The van der Waals surface area contributed by atoms with Crippen molar-refractivity contribution in [3.8, 4) is 5.75 Å². The van der Waals surface area contributed by atoms with Gasteiger partial charge < -0.3 is 9.84 Å². The molecule has 0 radical (unpaired) electrons. The Hall–Kier alpha value is -2.73. The first-order chi connectivity index (χ1) is 10.6. The van der Waals surface area contributed by atoms with Crippen LogP contribution >= 0.6 is 11.3 Å². The normalized spacial score (nSPS) is 10.5. The molecule has 0 saturated heterocycles. The molecule has 1 aromatic heterocycles. The van der Waals surface area contributed by atoms with E-state index in [2.05, 4.69) is 4.98 Å². The molecule has 0 aliphatic rings. The summed E-state index contributed by atoms with van der Waals surface area (Å²) in [6, 6.07) is 13.4. The molecule has 0 amide bonds. The van der Waals surface area contributed by atoms with Crippen LogP contribution in [-0.2, 0) is 0 Å². The Balaban J connectivity index is 1.70. The number of aromatic nitrogens is 1. The first kappa shape index (κ1) is 14.2. The van der Waals surface area contributed by atoms with Crippen LogP contribution in [0.5, 0.6) is 5.75 Å². The average molecular weight is 313 g/mol. The van der Waals surface area contributed by atoms with Crippen molar-refractivity contribution < 1.29 is 19.4 Å². The number of carboxylic acids is 1. The van der Waals surface area contributed by atoms with E-state index in [1.807, 2.05) is 36.4 Å². The SMILES string of the molecule is O=C(O)c1csc(C(=O)COc2ccc3ccccc3c2)n1. The second-order valence-corrected chi connectivity index (χ2v) is 5.42. The number of Topliss-reactive ketones (excluding diaryl/α,β-unsaturated/α-hetero) is 1. The van der Waals surface area contributed by atoms with Gasteiger partial charge in [0, 0.05) is 5.38 Å². The first-order valence-electron chi connectivity index (χ1n) is 6.47. The van der Waals surface area contributed by atoms with Gasteiger partial charge in [0.05, 0.1) is 0 Å². The lowest BCUT2D eigenvalue weighted by atomic mass is 10.1. The number of thiazole rings is 1. The molecule has 3 rings (SSSR count). The van der Waals surface area contributed by atoms with Gasteiger partial charge in [0.15, 0.2) is 17.3 Å². The minimum atomic E-state index is -1.15. The molecule has 0 bridgehead atoms. The van der Waals surface area contributed by atoms with Crippen molar-refractivity contribution >= 4 is 33.9 Å². The second-order valence-electron chi connectivity index (χ2n) is 4.56. The van der Waals surface area contributed by atoms with Crippen molar-refractivity contribution in [3.05, 3.63) is 58.5 Å². The molecule has 0 atom stereocenters. The number of nitrogens with zero attached hydrogens (tertiary/aromatic N) is 1. The number of aromatic carboxylic acids is 1. The number of carbonyl (C=O) groups excluding carboxylic acids is 1. The molecule has 3 aromatic rings. The Morgan fingerprint density at radius 3 is 2.64 bits per heavy atom. The van der Waals surface area contributed by atoms with Crippen molar-refractivity contribution in [1.29, 1.82) is 0 Å². The van der Waals surface area contributed by atoms with Gasteiger partial charge in [-0.05, 0) is 22.9 Å². The topological polar surface area (TPSA) is 76.5 Å². The van der Waals surface area contributed by atoms with Crippen LogP contribution in [0.25, 0.3) is 10.8 Å². The highest BCUT2D eigenvalue weighted by Crippen LogP contribution is 2.21. The van der Waals surface area contributed by atoms with Gasteiger partial charge in [-0.3, -0.25) is 4.79 Å². The van der Waals surface area contributed by atoms with Crippen LogP contribution < -0.4 is 4.74 Å². The minimum Gasteiger partial charge on any atom is -0.485 e. The summed E-state index contributed by atoms with van der Waals surface area (Å²) in [7, 11) is 0. The zero-order chi connectivity index (χ0) is 15.5. The molecule has 1 N–H and O–H groups in total. The van der Waals surface area contributed by atoms with Gasteiger partial charge in [-0.15, -0.1) is 11.3 Å². The van der Waals surface area contributed by atoms with Crippen molar-refractivity contribution in [3.63, 3.8) is 0 Å². The number of carbonyl (C=O) groups is 2. The maximum absolute atomic E-state index is 11.9. The molecule has 1 heterocycles. The highest BCUT2D eigenvalue weighted by molar-refractivity contribution is 7.12. The summed E-state index contributed by atoms with van der Waals surface area (Å²) in [5.41, 5.74) is -0.126. The van der Waals surface area contributed by atoms with Crippen molar-refractivity contribution in [2.75, 3.05) is 6.61 Å². The lowest BCUT2D eigenvalue weighted by Gasteiger charge is -2.05. The van der Waals surface area contributed by atoms with Crippen molar-refractivity contribution in [1.82, 2.24) is 4.98 Å². The number of carboxylic acid groups (broad SMARTS) is 1. The van der Waals surface area contributed by atoms with Gasteiger partial charge >= 0.3 is 5.97 Å². The average Bonchev–Trinajstić information content (AvgIpc) is 3.03. The number of fused-ring (bicyclic) bond motifs is 1. The molecule has 22 heavy (non-hydrogen) atoms. The van der Waals surface area contributed by atoms with Crippen molar-refractivity contribution in [2.45, 2.75) is 0 Å². The third-order valence-corrected chi connectivity index (χ3v) is 3.94. The smallest absolute Gasteiger partial charge is 0.355 e. The van der Waals surface area contributed by atoms with Crippen LogP contribution in [0.4, 0.5) is 0 Å². The predicted molar refractivity (Wildman–Crippen MR) is 82.8 cm³/mol. The van der Waals surface area contributed by atoms with Crippen LogP contribution in [0.1, 0.15) is 20.3 Å². The lowest BCUT2D eigenvalue weighted by Crippen LogP contribution is -2.11. The summed E-state index contributed by atoms with van der Waals surface area (Å²) in [6.07, 6.45) is 0. The molecule has 6 heteroatoms. The molecule has 0 unspecified atom stereocenters. The fourth-order valence-electron chi connectivity index (χ4n) is 1.97. The summed E-state index contributed by atoms with van der Waals surface area (Å²) < 4.78 is 5.47. The van der Waals surface area contributed by atoms with Crippen LogP contribution in [0.2, 0.25) is 0 Å². The Morgan fingerprint density at radius 2 is 1.91 bits per heavy atom. The summed E-state index contributed by atoms with van der Waals surface area (Å²) >= 11 is 1.00. The summed E-state index contributed by atoms with van der Waals surface area (Å²) in [4.78, 5) is 26.5. The van der Waals surface area contributed by atoms with E-state index in [4.69, 9.17) is 9.84 Å². The maximum Gasteiger partial charge on any atom is 0.355 e. The standard InChI is InChI=1S/C16H11NO4S/c18-14(15-17-13(9-22-15)16(19)20)8-21-12-6-5-10-3-1-2-4-11(10)7-12/h1-7,9H,8H2,(H,19,20). The number of hydrogen-bond acceptors (Lipinski definition) is 5. The largest absolute Gasteiger partial charge is 0.485 e. The minimum absolute atomic E-state index is 0.126. The molecule has 5 nitrogen and oxygen atoms in total. The molecule has 110 valence electrons. The van der Waals surface area contributed by atoms with Crippen LogP contribution in [0.3, 0.4) is 0 Å². The third kappa shape index (κ3) is 2.96. The fraction of sp³-hybridized carbons (Fsp3) is 0.0625. The van der Waals surface area contributed by atoms with E-state index in [-0.39, 0.29) is 23.1 Å². The van der Waals surface area contributed by atoms with Gasteiger partial charge in [-0.25, -0.2) is 9.78 Å². The van der Waals surface area contributed by atoms with E-state index >= 15 is 0 Å². The molecule has 0 aliphatic carbocycles. The van der Waals surface area contributed by atoms with E-state index < -0.39 is 5.97 Å². The number of hydrogen-bond donors (Lipinski definition) is 1. The molecule has 0 spiro atoms. The first-order valence-corrected chi connectivity index (χ1v) is 7.35. The summed E-state index contributed by atoms with van der Waals surface area (Å²) in [5.74, 6) is -0.904. The van der Waals surface area contributed by atoms with E-state index in [0.717, 1.165) is 22.1 Å². The third-order valence-electron chi connectivity index (χ3n) is 3.05. The molecule has 0 aliphatic heterocycles. The fourth-order valence-corrected chi connectivity index (χ4v) is 2.69. The Labute approximate surface area is 129 Å². The van der Waals surface area contributed by atoms with E-state index in [1.54, 1.807) is 6.07 Å². The maximum atomic E-state index is 11.9. The van der Waals surface area contributed by atoms with Crippen LogP contribution in [0, 0.1) is 0 Å². The predicted octanol–water partition coefficient (Wildman–Crippen LogP) is 3.26. The van der Waals surface area contributed by atoms with Gasteiger partial charge in [0.1, 0.15) is 5.75 Å². The number of benzene rings is 2. The van der Waals surface area contributed by atoms with Crippen LogP contribution in [0.15, 0.2) is 47.8 Å². The number of ether oxygens (including phenoxy) is 1. The highest BCUT2D eigenvalue weighted by Gasteiger charge is 2.15. The zero-order valence-electron chi connectivity index (χ0n) is 11.4. The van der Waals surface area contributed by atoms with Gasteiger partial charge in [-0.1, -0.05) is 30.3 Å². The Kier molecular flexibility index (Phi) is 3.84. The zero-order valence-corrected chi connectivity index (χ0v) is 12.2. The molecule has 0 fully saturated rings. The monoisotopic (exact) mass is 313 g/mol. The lowest BCUT2D eigenvalue weighted by molar-refractivity contribution is 0.0691. The molecular weight excluding hydrogens is 302 g/mol. The van der Waals surface area contributed by atoms with Crippen LogP contribution in [-0.4, -0.2) is 28.4 Å². The van der Waals surface area contributed by atoms with Gasteiger partial charge in [0.25, 0.3) is 0 Å². The number of rotatable bonds is 5. The van der Waals surface area contributed by atoms with Gasteiger partial charge in [-0.2, -0.15) is 0 Å². The quantitative estimate of drug-likeness (QED) is 0.732. The van der Waals surface area contributed by atoms with Crippen molar-refractivity contribution in [2.24, 2.45) is 0 Å². The number of ketones is 1. The summed E-state index contributed by atoms with van der Waals surface area (Å²) in [6.45, 7) is -0.176. The second kappa shape index (κ2) is 5.95. The molecular formula is C16H11NO4S. The highest BCUT2D eigenvalue weighted by atomic mass is 32.1.